The molecule has 0 aromatic heterocycles. The zero-order valence-electron chi connectivity index (χ0n) is 25.9. The summed E-state index contributed by atoms with van der Waals surface area (Å²) in [5.41, 5.74) is 13.9. The summed E-state index contributed by atoms with van der Waals surface area (Å²) in [6.07, 6.45) is 1.03. The fourth-order valence-corrected chi connectivity index (χ4v) is 6.52. The lowest BCUT2D eigenvalue weighted by Crippen LogP contribution is -2.24. The van der Waals surface area contributed by atoms with E-state index in [-0.39, 0.29) is 39.2 Å². The number of carbonyl (C=O) groups excluding carboxylic acids is 2. The number of hydrogen-bond donors (Lipinski definition) is 2. The van der Waals surface area contributed by atoms with Gasteiger partial charge in [0, 0.05) is 22.9 Å². The van der Waals surface area contributed by atoms with Gasteiger partial charge in [-0.3, -0.25) is 9.59 Å². The molecule has 0 fully saturated rings. The zero-order valence-corrected chi connectivity index (χ0v) is 25.9. The molecule has 0 saturated carbocycles. The highest BCUT2D eigenvalue weighted by Crippen LogP contribution is 2.44. The first-order valence-electron chi connectivity index (χ1n) is 14.4. The molecule has 0 spiro atoms. The maximum Gasteiger partial charge on any atom is 0.196 e. The van der Waals surface area contributed by atoms with Gasteiger partial charge < -0.3 is 15.8 Å². The SMILES string of the molecule is Cc1cc(C)c(Nc2cc(Oc3ccc(C(C)(C)CC(C)(C)C)cc3)c(N)c3c2C(=O)c2ccccc2C3=O)c(C)c1. The summed E-state index contributed by atoms with van der Waals surface area (Å²) in [4.78, 5) is 27.7. The predicted molar refractivity (Wildman–Crippen MR) is 172 cm³/mol. The van der Waals surface area contributed by atoms with Gasteiger partial charge in [0.2, 0.25) is 0 Å². The third kappa shape index (κ3) is 5.44. The summed E-state index contributed by atoms with van der Waals surface area (Å²) < 4.78 is 6.34. The van der Waals surface area contributed by atoms with Gasteiger partial charge in [0.15, 0.2) is 17.3 Å². The average Bonchev–Trinajstić information content (AvgIpc) is 2.89. The molecule has 1 aliphatic rings. The Labute approximate surface area is 249 Å². The molecule has 0 aliphatic heterocycles. The molecule has 216 valence electrons. The van der Waals surface area contributed by atoms with Crippen LogP contribution in [-0.4, -0.2) is 11.6 Å². The Bertz CT molecular complexity index is 1700. The Morgan fingerprint density at radius 2 is 1.31 bits per heavy atom. The quantitative estimate of drug-likeness (QED) is 0.202. The van der Waals surface area contributed by atoms with Gasteiger partial charge in [-0.2, -0.15) is 0 Å². The molecule has 1 aliphatic carbocycles. The van der Waals surface area contributed by atoms with E-state index in [0.29, 0.717) is 28.3 Å². The van der Waals surface area contributed by atoms with Gasteiger partial charge in [0.1, 0.15) is 5.75 Å². The monoisotopic (exact) mass is 560 g/mol. The topological polar surface area (TPSA) is 81.4 Å². The second-order valence-electron chi connectivity index (χ2n) is 13.4. The number of benzene rings is 4. The van der Waals surface area contributed by atoms with Gasteiger partial charge in [-0.25, -0.2) is 0 Å². The van der Waals surface area contributed by atoms with Crippen molar-refractivity contribution in [1.82, 2.24) is 0 Å². The van der Waals surface area contributed by atoms with Gasteiger partial charge in [-0.15, -0.1) is 0 Å². The van der Waals surface area contributed by atoms with E-state index in [4.69, 9.17) is 10.5 Å². The fourth-order valence-electron chi connectivity index (χ4n) is 6.52. The van der Waals surface area contributed by atoms with Crippen molar-refractivity contribution in [2.24, 2.45) is 5.41 Å². The van der Waals surface area contributed by atoms with Crippen molar-refractivity contribution < 1.29 is 14.3 Å². The highest BCUT2D eigenvalue weighted by Gasteiger charge is 2.35. The van der Waals surface area contributed by atoms with Crippen LogP contribution in [0.15, 0.2) is 66.7 Å². The summed E-state index contributed by atoms with van der Waals surface area (Å²) in [5.74, 6) is 0.387. The fraction of sp³-hybridized carbons (Fsp3) is 0.297. The van der Waals surface area contributed by atoms with Crippen LogP contribution in [0.4, 0.5) is 17.1 Å². The largest absolute Gasteiger partial charge is 0.455 e. The van der Waals surface area contributed by atoms with Crippen LogP contribution in [0.5, 0.6) is 11.5 Å². The smallest absolute Gasteiger partial charge is 0.196 e. The number of hydrogen-bond acceptors (Lipinski definition) is 5. The molecule has 4 aromatic rings. The Hall–Kier alpha value is -4.38. The van der Waals surface area contributed by atoms with Crippen molar-refractivity contribution in [2.75, 3.05) is 11.1 Å². The summed E-state index contributed by atoms with van der Waals surface area (Å²) in [6, 6.07) is 20.8. The van der Waals surface area contributed by atoms with Crippen LogP contribution in [0.1, 0.15) is 95.1 Å². The molecular formula is C37H40N2O3. The number of anilines is 3. The van der Waals surface area contributed by atoms with E-state index in [1.807, 2.05) is 26.0 Å². The molecule has 0 radical (unpaired) electrons. The van der Waals surface area contributed by atoms with Crippen LogP contribution in [0.2, 0.25) is 0 Å². The molecule has 0 unspecified atom stereocenters. The van der Waals surface area contributed by atoms with Crippen LogP contribution in [-0.2, 0) is 5.41 Å². The van der Waals surface area contributed by atoms with Crippen molar-refractivity contribution in [1.29, 1.82) is 0 Å². The zero-order chi connectivity index (χ0) is 30.6. The van der Waals surface area contributed by atoms with Crippen molar-refractivity contribution >= 4 is 28.6 Å². The van der Waals surface area contributed by atoms with Crippen LogP contribution < -0.4 is 15.8 Å². The lowest BCUT2D eigenvalue weighted by Gasteiger charge is -2.33. The number of aryl methyl sites for hydroxylation is 3. The Morgan fingerprint density at radius 1 is 0.762 bits per heavy atom. The normalized spacial score (nSPS) is 13.0. The minimum absolute atomic E-state index is 0.0113. The maximum atomic E-state index is 13.9. The number of ether oxygens (including phenoxy) is 1. The molecule has 4 aromatic carbocycles. The Kier molecular flexibility index (Phi) is 7.26. The third-order valence-corrected chi connectivity index (χ3v) is 7.97. The number of nitrogen functional groups attached to an aromatic ring is 1. The second-order valence-corrected chi connectivity index (χ2v) is 13.4. The van der Waals surface area contributed by atoms with Crippen molar-refractivity contribution in [3.8, 4) is 11.5 Å². The van der Waals surface area contributed by atoms with E-state index in [1.54, 1.807) is 30.3 Å². The van der Waals surface area contributed by atoms with Crippen molar-refractivity contribution in [2.45, 2.75) is 67.2 Å². The Morgan fingerprint density at radius 3 is 1.86 bits per heavy atom. The minimum Gasteiger partial charge on any atom is -0.455 e. The van der Waals surface area contributed by atoms with E-state index in [2.05, 4.69) is 71.1 Å². The summed E-state index contributed by atoms with van der Waals surface area (Å²) in [5, 5.41) is 3.47. The van der Waals surface area contributed by atoms with Gasteiger partial charge in [-0.05, 0) is 66.8 Å². The highest BCUT2D eigenvalue weighted by atomic mass is 16.5. The number of carbonyl (C=O) groups is 2. The van der Waals surface area contributed by atoms with E-state index in [0.717, 1.165) is 28.8 Å². The number of ketones is 2. The molecular weight excluding hydrogens is 520 g/mol. The van der Waals surface area contributed by atoms with Crippen LogP contribution in [0, 0.1) is 26.2 Å². The summed E-state index contributed by atoms with van der Waals surface area (Å²) >= 11 is 0. The van der Waals surface area contributed by atoms with E-state index in [9.17, 15) is 9.59 Å². The average molecular weight is 561 g/mol. The number of fused-ring (bicyclic) bond motifs is 2. The third-order valence-electron chi connectivity index (χ3n) is 7.97. The lowest BCUT2D eigenvalue weighted by molar-refractivity contribution is 0.0980. The first-order chi connectivity index (χ1) is 19.7. The molecule has 5 nitrogen and oxygen atoms in total. The summed E-state index contributed by atoms with van der Waals surface area (Å²) in [7, 11) is 0. The first kappa shape index (κ1) is 29.1. The van der Waals surface area contributed by atoms with Gasteiger partial charge in [0.25, 0.3) is 0 Å². The maximum absolute atomic E-state index is 13.9. The van der Waals surface area contributed by atoms with Crippen molar-refractivity contribution in [3.63, 3.8) is 0 Å². The molecule has 0 saturated heterocycles. The van der Waals surface area contributed by atoms with E-state index < -0.39 is 0 Å². The molecule has 0 heterocycles. The second kappa shape index (κ2) is 10.5. The van der Waals surface area contributed by atoms with Crippen molar-refractivity contribution in [3.05, 3.63) is 111 Å². The number of nitrogens with two attached hydrogens (primary N) is 1. The van der Waals surface area contributed by atoms with Crippen LogP contribution in [0.25, 0.3) is 0 Å². The van der Waals surface area contributed by atoms with Gasteiger partial charge >= 0.3 is 0 Å². The molecule has 0 amide bonds. The summed E-state index contributed by atoms with van der Waals surface area (Å²) in [6.45, 7) is 17.4. The first-order valence-corrected chi connectivity index (χ1v) is 14.4. The van der Waals surface area contributed by atoms with Crippen LogP contribution in [0.3, 0.4) is 0 Å². The Balaban J connectivity index is 1.61. The molecule has 5 rings (SSSR count). The predicted octanol–water partition coefficient (Wildman–Crippen LogP) is 9.22. The molecule has 42 heavy (non-hydrogen) atoms. The minimum atomic E-state index is -0.289. The lowest BCUT2D eigenvalue weighted by atomic mass is 9.72. The molecule has 0 bridgehead atoms. The number of rotatable bonds is 6. The molecule has 3 N–H and O–H groups in total. The van der Waals surface area contributed by atoms with Crippen LogP contribution >= 0.6 is 0 Å². The van der Waals surface area contributed by atoms with E-state index >= 15 is 0 Å². The van der Waals surface area contributed by atoms with Gasteiger partial charge in [-0.1, -0.05) is 88.7 Å². The molecule has 5 heteroatoms. The highest BCUT2D eigenvalue weighted by molar-refractivity contribution is 6.32. The van der Waals surface area contributed by atoms with E-state index in [1.165, 1.54) is 5.56 Å². The van der Waals surface area contributed by atoms with Gasteiger partial charge in [0.05, 0.1) is 22.5 Å². The standard InChI is InChI=1S/C37H40N2O3/c1-21-17-22(2)33(23(3)18-21)39-28-19-29(42-25-15-13-24(14-16-25)37(7,8)20-36(4,5)6)32(38)31-30(28)34(40)26-11-9-10-12-27(26)35(31)41/h9-19,39H,20,38H2,1-8H3. The molecule has 0 atom stereocenters. The number of nitrogens with one attached hydrogen (secondary N) is 1.